The Kier molecular flexibility index (Phi) is 3.80. The number of aryl methyl sites for hydroxylation is 1. The third-order valence-corrected chi connectivity index (χ3v) is 4.06. The van der Waals surface area contributed by atoms with Crippen molar-refractivity contribution in [1.29, 1.82) is 0 Å². The molecule has 110 valence electrons. The van der Waals surface area contributed by atoms with Crippen molar-refractivity contribution in [3.05, 3.63) is 53.8 Å². The molecule has 2 heterocycles. The number of anilines is 1. The minimum Gasteiger partial charge on any atom is -0.393 e. The van der Waals surface area contributed by atoms with Gasteiger partial charge in [-0.2, -0.15) is 5.10 Å². The summed E-state index contributed by atoms with van der Waals surface area (Å²) in [7, 11) is 0. The fraction of sp³-hybridized carbons (Fsp3) is 0.353. The molecule has 4 nitrogen and oxygen atoms in total. The van der Waals surface area contributed by atoms with E-state index in [1.807, 2.05) is 12.2 Å². The zero-order valence-electron chi connectivity index (χ0n) is 12.3. The van der Waals surface area contributed by atoms with Crippen LogP contribution in [0.1, 0.15) is 24.0 Å². The summed E-state index contributed by atoms with van der Waals surface area (Å²) >= 11 is 0. The summed E-state index contributed by atoms with van der Waals surface area (Å²) in [5.41, 5.74) is 8.22. The highest BCUT2D eigenvalue weighted by Gasteiger charge is 2.18. The third kappa shape index (κ3) is 3.00. The van der Waals surface area contributed by atoms with Gasteiger partial charge in [-0.15, -0.1) is 0 Å². The standard InChI is InChI=1S/C17H21N3O/c1-12-11-14(16-5-3-13(2)18-19-16)4-6-17(12)20-9-7-15(21)8-10-20/h3-6,11,15,18,21H,2,7-10H2,1H3. The molecule has 0 aromatic heterocycles. The fourth-order valence-corrected chi connectivity index (χ4v) is 2.82. The number of hydrogen-bond acceptors (Lipinski definition) is 4. The van der Waals surface area contributed by atoms with Crippen molar-refractivity contribution in [3.8, 4) is 0 Å². The van der Waals surface area contributed by atoms with Crippen LogP contribution in [0.4, 0.5) is 5.69 Å². The molecule has 0 saturated carbocycles. The number of hydrazone groups is 1. The molecule has 3 rings (SSSR count). The number of benzene rings is 1. The summed E-state index contributed by atoms with van der Waals surface area (Å²) in [4.78, 5) is 2.35. The van der Waals surface area contributed by atoms with Gasteiger partial charge >= 0.3 is 0 Å². The Hall–Kier alpha value is -2.07. The smallest absolute Gasteiger partial charge is 0.0906 e. The number of nitrogens with zero attached hydrogens (tertiary/aromatic N) is 2. The van der Waals surface area contributed by atoms with Crippen LogP contribution in [0.5, 0.6) is 0 Å². The summed E-state index contributed by atoms with van der Waals surface area (Å²) in [5, 5.41) is 13.9. The Bertz CT molecular complexity index is 610. The van der Waals surface area contributed by atoms with Gasteiger partial charge in [-0.1, -0.05) is 12.6 Å². The molecule has 0 aliphatic carbocycles. The van der Waals surface area contributed by atoms with E-state index in [9.17, 15) is 5.11 Å². The molecule has 0 radical (unpaired) electrons. The Morgan fingerprint density at radius 3 is 2.67 bits per heavy atom. The molecule has 1 saturated heterocycles. The minimum absolute atomic E-state index is 0.137. The molecule has 0 spiro atoms. The zero-order chi connectivity index (χ0) is 14.8. The van der Waals surface area contributed by atoms with Crippen LogP contribution in [-0.4, -0.2) is 30.0 Å². The lowest BCUT2D eigenvalue weighted by molar-refractivity contribution is 0.145. The molecule has 1 fully saturated rings. The normalized spacial score (nSPS) is 19.4. The van der Waals surface area contributed by atoms with Crippen molar-refractivity contribution in [2.75, 3.05) is 18.0 Å². The molecule has 2 N–H and O–H groups in total. The molecule has 1 aromatic rings. The van der Waals surface area contributed by atoms with Gasteiger partial charge in [-0.3, -0.25) is 5.43 Å². The van der Waals surface area contributed by atoms with Gasteiger partial charge in [0.1, 0.15) is 0 Å². The number of nitrogens with one attached hydrogen (secondary N) is 1. The summed E-state index contributed by atoms with van der Waals surface area (Å²) in [6.07, 6.45) is 5.47. The highest BCUT2D eigenvalue weighted by molar-refractivity contribution is 6.09. The monoisotopic (exact) mass is 283 g/mol. The van der Waals surface area contributed by atoms with Crippen LogP contribution in [0, 0.1) is 6.92 Å². The minimum atomic E-state index is -0.137. The molecule has 21 heavy (non-hydrogen) atoms. The first kappa shape index (κ1) is 13.9. The summed E-state index contributed by atoms with van der Waals surface area (Å²) in [6.45, 7) is 7.78. The number of allylic oxidation sites excluding steroid dienone is 2. The van der Waals surface area contributed by atoms with Crippen LogP contribution >= 0.6 is 0 Å². The van der Waals surface area contributed by atoms with Gasteiger partial charge in [0, 0.05) is 30.0 Å². The molecular weight excluding hydrogens is 262 g/mol. The molecule has 1 aromatic carbocycles. The zero-order valence-corrected chi connectivity index (χ0v) is 12.3. The van der Waals surface area contributed by atoms with Gasteiger partial charge in [0.25, 0.3) is 0 Å². The van der Waals surface area contributed by atoms with E-state index in [2.05, 4.69) is 47.1 Å². The maximum Gasteiger partial charge on any atom is 0.0906 e. The predicted molar refractivity (Wildman–Crippen MR) is 86.6 cm³/mol. The van der Waals surface area contributed by atoms with Gasteiger partial charge in [0.2, 0.25) is 0 Å². The van der Waals surface area contributed by atoms with E-state index in [4.69, 9.17) is 0 Å². The quantitative estimate of drug-likeness (QED) is 0.876. The predicted octanol–water partition coefficient (Wildman–Crippen LogP) is 2.33. The van der Waals surface area contributed by atoms with Crippen molar-refractivity contribution in [2.45, 2.75) is 25.9 Å². The second kappa shape index (κ2) is 5.74. The van der Waals surface area contributed by atoms with Crippen LogP contribution in [0.25, 0.3) is 0 Å². The molecule has 2 aliphatic rings. The maximum atomic E-state index is 9.61. The molecule has 4 heteroatoms. The van der Waals surface area contributed by atoms with Crippen molar-refractivity contribution in [1.82, 2.24) is 5.43 Å². The van der Waals surface area contributed by atoms with Crippen molar-refractivity contribution in [3.63, 3.8) is 0 Å². The van der Waals surface area contributed by atoms with Crippen LogP contribution < -0.4 is 10.3 Å². The topological polar surface area (TPSA) is 47.9 Å². The van der Waals surface area contributed by atoms with E-state index in [1.165, 1.54) is 11.3 Å². The number of hydrogen-bond donors (Lipinski definition) is 2. The van der Waals surface area contributed by atoms with E-state index in [0.29, 0.717) is 0 Å². The molecule has 0 amide bonds. The number of aliphatic hydroxyl groups is 1. The van der Waals surface area contributed by atoms with E-state index < -0.39 is 0 Å². The van der Waals surface area contributed by atoms with Crippen molar-refractivity contribution in [2.24, 2.45) is 5.10 Å². The van der Waals surface area contributed by atoms with Gasteiger partial charge in [-0.05, 0) is 49.6 Å². The Morgan fingerprint density at radius 1 is 1.29 bits per heavy atom. The summed E-state index contributed by atoms with van der Waals surface area (Å²) in [5.74, 6) is 0. The molecule has 0 bridgehead atoms. The Morgan fingerprint density at radius 2 is 2.05 bits per heavy atom. The van der Waals surface area contributed by atoms with Crippen LogP contribution in [-0.2, 0) is 0 Å². The first-order chi connectivity index (χ1) is 10.1. The van der Waals surface area contributed by atoms with E-state index in [1.54, 1.807) is 0 Å². The second-order valence-corrected chi connectivity index (χ2v) is 5.69. The van der Waals surface area contributed by atoms with E-state index in [-0.39, 0.29) is 6.10 Å². The van der Waals surface area contributed by atoms with Gasteiger partial charge < -0.3 is 10.0 Å². The fourth-order valence-electron chi connectivity index (χ4n) is 2.82. The van der Waals surface area contributed by atoms with E-state index >= 15 is 0 Å². The van der Waals surface area contributed by atoms with Crippen LogP contribution in [0.15, 0.2) is 47.7 Å². The number of piperidine rings is 1. The molecule has 2 aliphatic heterocycles. The maximum absolute atomic E-state index is 9.61. The average Bonchev–Trinajstić information content (AvgIpc) is 2.49. The highest BCUT2D eigenvalue weighted by atomic mass is 16.3. The molecule has 0 unspecified atom stereocenters. The van der Waals surface area contributed by atoms with Crippen LogP contribution in [0.3, 0.4) is 0 Å². The lowest BCUT2D eigenvalue weighted by Crippen LogP contribution is -2.36. The molecular formula is C17H21N3O. The first-order valence-electron chi connectivity index (χ1n) is 7.38. The second-order valence-electron chi connectivity index (χ2n) is 5.69. The first-order valence-corrected chi connectivity index (χ1v) is 7.38. The summed E-state index contributed by atoms with van der Waals surface area (Å²) < 4.78 is 0. The Balaban J connectivity index is 1.80. The van der Waals surface area contributed by atoms with Crippen molar-refractivity contribution >= 4 is 11.4 Å². The number of rotatable bonds is 2. The van der Waals surface area contributed by atoms with Gasteiger partial charge in [0.05, 0.1) is 11.8 Å². The number of aliphatic hydroxyl groups excluding tert-OH is 1. The Labute approximate surface area is 125 Å². The summed E-state index contributed by atoms with van der Waals surface area (Å²) in [6, 6.07) is 6.42. The third-order valence-electron chi connectivity index (χ3n) is 4.06. The van der Waals surface area contributed by atoms with Crippen molar-refractivity contribution < 1.29 is 5.11 Å². The highest BCUT2D eigenvalue weighted by Crippen LogP contribution is 2.25. The van der Waals surface area contributed by atoms with Gasteiger partial charge in [-0.25, -0.2) is 0 Å². The average molecular weight is 283 g/mol. The van der Waals surface area contributed by atoms with Crippen LogP contribution in [0.2, 0.25) is 0 Å². The molecule has 0 atom stereocenters. The SMILES string of the molecule is C=C1C=CC(c2ccc(N3CCC(O)CC3)c(C)c2)=NN1. The largest absolute Gasteiger partial charge is 0.393 e. The van der Waals surface area contributed by atoms with Gasteiger partial charge in [0.15, 0.2) is 0 Å². The lowest BCUT2D eigenvalue weighted by Gasteiger charge is -2.32. The van der Waals surface area contributed by atoms with E-state index in [0.717, 1.165) is 42.9 Å². The lowest BCUT2D eigenvalue weighted by atomic mass is 10.0.